The summed E-state index contributed by atoms with van der Waals surface area (Å²) in [5, 5.41) is 12.1. The highest BCUT2D eigenvalue weighted by atomic mass is 16.3. The monoisotopic (exact) mass is 763 g/mol. The zero-order valence-electron chi connectivity index (χ0n) is 32.7. The van der Waals surface area contributed by atoms with Crippen molar-refractivity contribution in [2.24, 2.45) is 0 Å². The quantitative estimate of drug-likeness (QED) is 0.157. The largest absolute Gasteiger partial charge is 0.456 e. The van der Waals surface area contributed by atoms with Crippen molar-refractivity contribution in [2.45, 2.75) is 0 Å². The minimum absolute atomic E-state index is 0.881. The maximum Gasteiger partial charge on any atom is 0.136 e. The Morgan fingerprint density at radius 3 is 1.65 bits per heavy atom. The van der Waals surface area contributed by atoms with E-state index in [1.54, 1.807) is 0 Å². The van der Waals surface area contributed by atoms with Gasteiger partial charge in [0, 0.05) is 27.7 Å². The molecule has 12 rings (SSSR count). The van der Waals surface area contributed by atoms with Crippen molar-refractivity contribution in [2.75, 3.05) is 4.90 Å². The van der Waals surface area contributed by atoms with E-state index in [1.165, 1.54) is 65.3 Å². The van der Waals surface area contributed by atoms with Crippen molar-refractivity contribution in [1.82, 2.24) is 0 Å². The van der Waals surface area contributed by atoms with E-state index in [-0.39, 0.29) is 0 Å². The highest BCUT2D eigenvalue weighted by Gasteiger charge is 2.21. The number of anilines is 3. The average Bonchev–Trinajstić information content (AvgIpc) is 3.68. The second-order valence-corrected chi connectivity index (χ2v) is 15.7. The molecule has 0 aliphatic rings. The fraction of sp³-hybridized carbons (Fsp3) is 0. The second-order valence-electron chi connectivity index (χ2n) is 15.7. The van der Waals surface area contributed by atoms with Crippen LogP contribution in [0.1, 0.15) is 0 Å². The van der Waals surface area contributed by atoms with Gasteiger partial charge in [-0.05, 0) is 126 Å². The molecule has 0 unspecified atom stereocenters. The Bertz CT molecular complexity index is 3600. The minimum Gasteiger partial charge on any atom is -0.456 e. The van der Waals surface area contributed by atoms with Gasteiger partial charge in [0.1, 0.15) is 11.2 Å². The molecule has 1 aromatic heterocycles. The standard InChI is InChI=1S/C58H37NO/c1-2-13-42-35-45(24-23-38(42)11-1)39-25-30-46(31-26-39)59(47-32-27-41(28-33-47)49-18-9-19-50-48-16-6-5-12-40(48)29-34-51(49)50)55-21-8-7-17-52(55)53-20-10-22-56-58(53)54-36-43-14-3-4-15-44(43)37-57(54)60-56/h1-37H. The second kappa shape index (κ2) is 13.9. The Balaban J connectivity index is 1.02. The third kappa shape index (κ3) is 5.65. The molecule has 11 aromatic carbocycles. The van der Waals surface area contributed by atoms with Crippen molar-refractivity contribution in [1.29, 1.82) is 0 Å². The van der Waals surface area contributed by atoms with E-state index in [1.807, 2.05) is 0 Å². The molecule has 0 saturated carbocycles. The fourth-order valence-electron chi connectivity index (χ4n) is 9.31. The molecule has 12 aromatic rings. The van der Waals surface area contributed by atoms with Crippen molar-refractivity contribution in [3.8, 4) is 33.4 Å². The maximum absolute atomic E-state index is 6.57. The van der Waals surface area contributed by atoms with Gasteiger partial charge in [-0.2, -0.15) is 0 Å². The number of benzene rings is 11. The van der Waals surface area contributed by atoms with Crippen molar-refractivity contribution < 1.29 is 4.42 Å². The molecular weight excluding hydrogens is 727 g/mol. The molecule has 0 atom stereocenters. The third-order valence-electron chi connectivity index (χ3n) is 12.2. The van der Waals surface area contributed by atoms with Crippen molar-refractivity contribution in [3.63, 3.8) is 0 Å². The van der Waals surface area contributed by atoms with E-state index in [9.17, 15) is 0 Å². The number of para-hydroxylation sites is 1. The van der Waals surface area contributed by atoms with Crippen LogP contribution in [0, 0.1) is 0 Å². The topological polar surface area (TPSA) is 16.4 Å². The summed E-state index contributed by atoms with van der Waals surface area (Å²) in [5.74, 6) is 0. The van der Waals surface area contributed by atoms with Crippen LogP contribution in [0.4, 0.5) is 17.1 Å². The van der Waals surface area contributed by atoms with E-state index >= 15 is 0 Å². The highest BCUT2D eigenvalue weighted by Crippen LogP contribution is 2.46. The molecule has 0 amide bonds. The Morgan fingerprint density at radius 1 is 0.283 bits per heavy atom. The van der Waals surface area contributed by atoms with Crippen LogP contribution in [0.15, 0.2) is 229 Å². The number of hydrogen-bond donors (Lipinski definition) is 0. The molecule has 0 saturated heterocycles. The van der Waals surface area contributed by atoms with Gasteiger partial charge < -0.3 is 9.32 Å². The van der Waals surface area contributed by atoms with Crippen LogP contribution in [-0.2, 0) is 0 Å². The predicted octanol–water partition coefficient (Wildman–Crippen LogP) is 16.7. The van der Waals surface area contributed by atoms with Crippen LogP contribution in [0.25, 0.3) is 98.4 Å². The zero-order chi connectivity index (χ0) is 39.6. The van der Waals surface area contributed by atoms with E-state index in [4.69, 9.17) is 4.42 Å². The molecule has 0 N–H and O–H groups in total. The Labute approximate surface area is 347 Å². The lowest BCUT2D eigenvalue weighted by molar-refractivity contribution is 0.669. The molecular formula is C58H37NO. The van der Waals surface area contributed by atoms with Gasteiger partial charge in [0.25, 0.3) is 0 Å². The smallest absolute Gasteiger partial charge is 0.136 e. The Hall–Kier alpha value is -7.94. The van der Waals surface area contributed by atoms with E-state index in [2.05, 4.69) is 229 Å². The first-order chi connectivity index (χ1) is 29.7. The summed E-state index contributed by atoms with van der Waals surface area (Å²) >= 11 is 0. The number of furan rings is 1. The molecule has 0 spiro atoms. The van der Waals surface area contributed by atoms with E-state index < -0.39 is 0 Å². The number of hydrogen-bond acceptors (Lipinski definition) is 2. The summed E-state index contributed by atoms with van der Waals surface area (Å²) in [6, 6.07) is 81.3. The van der Waals surface area contributed by atoms with Crippen LogP contribution >= 0.6 is 0 Å². The lowest BCUT2D eigenvalue weighted by Crippen LogP contribution is -2.11. The van der Waals surface area contributed by atoms with E-state index in [0.717, 1.165) is 50.1 Å². The summed E-state index contributed by atoms with van der Waals surface area (Å²) in [4.78, 5) is 2.40. The van der Waals surface area contributed by atoms with Gasteiger partial charge >= 0.3 is 0 Å². The first kappa shape index (κ1) is 34.1. The van der Waals surface area contributed by atoms with E-state index in [0.29, 0.717) is 0 Å². The molecule has 1 heterocycles. The first-order valence-corrected chi connectivity index (χ1v) is 20.6. The average molecular weight is 764 g/mol. The summed E-state index contributed by atoms with van der Waals surface area (Å²) in [7, 11) is 0. The number of fused-ring (bicyclic) bond motifs is 8. The Morgan fingerprint density at radius 2 is 0.850 bits per heavy atom. The summed E-state index contributed by atoms with van der Waals surface area (Å²) in [6.45, 7) is 0. The predicted molar refractivity (Wildman–Crippen MR) is 255 cm³/mol. The fourth-order valence-corrected chi connectivity index (χ4v) is 9.31. The van der Waals surface area contributed by atoms with Gasteiger partial charge in [-0.3, -0.25) is 0 Å². The normalized spacial score (nSPS) is 11.7. The SMILES string of the molecule is c1ccc(N(c2ccc(-c3ccc4ccccc4c3)cc2)c2ccc(-c3cccc4c3ccc3ccccc34)cc2)c(-c2cccc3oc4cc5ccccc5cc4c23)c1. The van der Waals surface area contributed by atoms with Gasteiger partial charge in [-0.15, -0.1) is 0 Å². The molecule has 280 valence electrons. The van der Waals surface area contributed by atoms with Crippen LogP contribution < -0.4 is 4.90 Å². The van der Waals surface area contributed by atoms with Gasteiger partial charge in [-0.25, -0.2) is 0 Å². The zero-order valence-corrected chi connectivity index (χ0v) is 32.7. The summed E-state index contributed by atoms with van der Waals surface area (Å²) in [5.41, 5.74) is 12.1. The first-order valence-electron chi connectivity index (χ1n) is 20.6. The van der Waals surface area contributed by atoms with Crippen molar-refractivity contribution >= 4 is 82.1 Å². The lowest BCUT2D eigenvalue weighted by Gasteiger charge is -2.28. The molecule has 0 fully saturated rings. The van der Waals surface area contributed by atoms with Gasteiger partial charge in [0.2, 0.25) is 0 Å². The summed E-state index contributed by atoms with van der Waals surface area (Å²) < 4.78 is 6.57. The number of rotatable bonds is 6. The molecule has 60 heavy (non-hydrogen) atoms. The van der Waals surface area contributed by atoms with Crippen LogP contribution in [0.3, 0.4) is 0 Å². The molecule has 2 heteroatoms. The van der Waals surface area contributed by atoms with Crippen LogP contribution in [0.5, 0.6) is 0 Å². The highest BCUT2D eigenvalue weighted by molar-refractivity contribution is 6.17. The maximum atomic E-state index is 6.57. The molecule has 2 nitrogen and oxygen atoms in total. The van der Waals surface area contributed by atoms with Gasteiger partial charge in [0.15, 0.2) is 0 Å². The molecule has 0 aliphatic heterocycles. The summed E-state index contributed by atoms with van der Waals surface area (Å²) in [6.07, 6.45) is 0. The van der Waals surface area contributed by atoms with Crippen LogP contribution in [0.2, 0.25) is 0 Å². The molecule has 0 radical (unpaired) electrons. The lowest BCUT2D eigenvalue weighted by atomic mass is 9.94. The van der Waals surface area contributed by atoms with Gasteiger partial charge in [-0.1, -0.05) is 170 Å². The van der Waals surface area contributed by atoms with Crippen LogP contribution in [-0.4, -0.2) is 0 Å². The Kier molecular flexibility index (Phi) is 7.89. The van der Waals surface area contributed by atoms with Crippen molar-refractivity contribution in [3.05, 3.63) is 224 Å². The van der Waals surface area contributed by atoms with Gasteiger partial charge in [0.05, 0.1) is 5.69 Å². The number of nitrogens with zero attached hydrogens (tertiary/aromatic N) is 1. The minimum atomic E-state index is 0.881. The molecule has 0 bridgehead atoms. The molecule has 0 aliphatic carbocycles. The third-order valence-corrected chi connectivity index (χ3v) is 12.2.